The second-order valence-corrected chi connectivity index (χ2v) is 7.03. The van der Waals surface area contributed by atoms with E-state index in [4.69, 9.17) is 11.6 Å². The first-order chi connectivity index (χ1) is 11.2. The first kappa shape index (κ1) is 16.0. The van der Waals surface area contributed by atoms with Crippen molar-refractivity contribution in [3.63, 3.8) is 0 Å². The molecule has 0 aliphatic rings. The van der Waals surface area contributed by atoms with Crippen molar-refractivity contribution in [2.45, 2.75) is 6.54 Å². The number of hydrogen-bond donors (Lipinski definition) is 0. The SMILES string of the molecule is C=CCN(Cc1cccs1)C(=O)/C=C/c1c(Cl)nc2sccn12. The number of thiophene rings is 1. The first-order valence-electron chi connectivity index (χ1n) is 6.90. The molecule has 0 atom stereocenters. The third-order valence-electron chi connectivity index (χ3n) is 3.23. The Hall–Kier alpha value is -1.89. The minimum atomic E-state index is -0.0838. The summed E-state index contributed by atoms with van der Waals surface area (Å²) >= 11 is 9.26. The lowest BCUT2D eigenvalue weighted by atomic mass is 10.3. The van der Waals surface area contributed by atoms with Crippen LogP contribution in [0.1, 0.15) is 10.6 Å². The summed E-state index contributed by atoms with van der Waals surface area (Å²) in [5.74, 6) is -0.0838. The highest BCUT2D eigenvalue weighted by Gasteiger charge is 2.12. The average Bonchev–Trinajstić information content (AvgIpc) is 3.23. The predicted octanol–water partition coefficient (Wildman–Crippen LogP) is 4.34. The van der Waals surface area contributed by atoms with Gasteiger partial charge in [0.25, 0.3) is 0 Å². The molecule has 1 amide bonds. The highest BCUT2D eigenvalue weighted by Crippen LogP contribution is 2.22. The largest absolute Gasteiger partial charge is 0.330 e. The van der Waals surface area contributed by atoms with Crippen LogP contribution in [0, 0.1) is 0 Å². The molecule has 0 bridgehead atoms. The van der Waals surface area contributed by atoms with Crippen LogP contribution in [-0.4, -0.2) is 26.7 Å². The highest BCUT2D eigenvalue weighted by atomic mass is 35.5. The Morgan fingerprint density at radius 3 is 3.04 bits per heavy atom. The minimum absolute atomic E-state index is 0.0838. The molecule has 0 radical (unpaired) electrons. The molecule has 0 saturated carbocycles. The number of nitrogens with zero attached hydrogens (tertiary/aromatic N) is 3. The fourth-order valence-corrected chi connectivity index (χ4v) is 3.89. The zero-order valence-corrected chi connectivity index (χ0v) is 14.6. The molecule has 3 aromatic rings. The van der Waals surface area contributed by atoms with E-state index in [9.17, 15) is 4.79 Å². The molecular formula is C16H14ClN3OS2. The van der Waals surface area contributed by atoms with Crippen LogP contribution >= 0.6 is 34.3 Å². The Kier molecular flexibility index (Phi) is 4.95. The van der Waals surface area contributed by atoms with E-state index in [1.165, 1.54) is 17.4 Å². The maximum absolute atomic E-state index is 12.5. The summed E-state index contributed by atoms with van der Waals surface area (Å²) in [7, 11) is 0. The summed E-state index contributed by atoms with van der Waals surface area (Å²) in [6.45, 7) is 4.79. The normalized spacial score (nSPS) is 11.3. The van der Waals surface area contributed by atoms with Crippen molar-refractivity contribution in [2.75, 3.05) is 6.54 Å². The topological polar surface area (TPSA) is 37.6 Å². The molecule has 0 unspecified atom stereocenters. The van der Waals surface area contributed by atoms with Gasteiger partial charge in [-0.25, -0.2) is 4.98 Å². The van der Waals surface area contributed by atoms with E-state index < -0.39 is 0 Å². The van der Waals surface area contributed by atoms with Crippen LogP contribution in [0.5, 0.6) is 0 Å². The summed E-state index contributed by atoms with van der Waals surface area (Å²) < 4.78 is 1.87. The fraction of sp³-hybridized carbons (Fsp3) is 0.125. The number of imidazole rings is 1. The zero-order chi connectivity index (χ0) is 16.2. The van der Waals surface area contributed by atoms with E-state index in [1.807, 2.05) is 33.5 Å². The van der Waals surface area contributed by atoms with Gasteiger partial charge in [-0.1, -0.05) is 23.7 Å². The number of amides is 1. The lowest BCUT2D eigenvalue weighted by molar-refractivity contribution is -0.126. The molecule has 0 aliphatic carbocycles. The van der Waals surface area contributed by atoms with Crippen molar-refractivity contribution in [1.29, 1.82) is 0 Å². The van der Waals surface area contributed by atoms with Crippen LogP contribution in [-0.2, 0) is 11.3 Å². The molecule has 3 aromatic heterocycles. The standard InChI is InChI=1S/C16H14ClN3OS2/c1-2-7-19(11-12-4-3-9-22-12)14(21)6-5-13-15(17)18-16-20(13)8-10-23-16/h2-6,8-10H,1,7,11H2/b6-5+. The lowest BCUT2D eigenvalue weighted by Crippen LogP contribution is -2.28. The average molecular weight is 364 g/mol. The molecule has 4 nitrogen and oxygen atoms in total. The van der Waals surface area contributed by atoms with E-state index in [-0.39, 0.29) is 5.91 Å². The van der Waals surface area contributed by atoms with Crippen molar-refractivity contribution < 1.29 is 4.79 Å². The van der Waals surface area contributed by atoms with Gasteiger partial charge in [-0.05, 0) is 17.5 Å². The second-order valence-electron chi connectivity index (χ2n) is 4.76. The van der Waals surface area contributed by atoms with E-state index in [0.717, 1.165) is 9.84 Å². The molecule has 3 heterocycles. The van der Waals surface area contributed by atoms with Crippen LogP contribution in [0.4, 0.5) is 0 Å². The minimum Gasteiger partial charge on any atom is -0.330 e. The fourth-order valence-electron chi connectivity index (χ4n) is 2.16. The van der Waals surface area contributed by atoms with Crippen LogP contribution in [0.15, 0.2) is 47.8 Å². The van der Waals surface area contributed by atoms with Gasteiger partial charge in [-0.3, -0.25) is 9.20 Å². The molecular weight excluding hydrogens is 350 g/mol. The first-order valence-corrected chi connectivity index (χ1v) is 9.04. The summed E-state index contributed by atoms with van der Waals surface area (Å²) in [6, 6.07) is 3.99. The predicted molar refractivity (Wildman–Crippen MR) is 97.0 cm³/mol. The quantitative estimate of drug-likeness (QED) is 0.482. The van der Waals surface area contributed by atoms with Gasteiger partial charge < -0.3 is 4.90 Å². The Morgan fingerprint density at radius 1 is 1.43 bits per heavy atom. The van der Waals surface area contributed by atoms with E-state index in [2.05, 4.69) is 11.6 Å². The summed E-state index contributed by atoms with van der Waals surface area (Å²) in [5, 5.41) is 4.33. The van der Waals surface area contributed by atoms with Crippen molar-refractivity contribution in [2.24, 2.45) is 0 Å². The molecule has 3 rings (SSSR count). The molecule has 7 heteroatoms. The third-order valence-corrected chi connectivity index (χ3v) is 5.12. The Labute approximate surface area is 147 Å². The van der Waals surface area contributed by atoms with Gasteiger partial charge >= 0.3 is 0 Å². The van der Waals surface area contributed by atoms with Gasteiger partial charge in [0, 0.05) is 29.1 Å². The van der Waals surface area contributed by atoms with Gasteiger partial charge in [0.15, 0.2) is 10.1 Å². The monoisotopic (exact) mass is 363 g/mol. The van der Waals surface area contributed by atoms with Crippen LogP contribution in [0.3, 0.4) is 0 Å². The summed E-state index contributed by atoms with van der Waals surface area (Å²) in [5.41, 5.74) is 0.714. The Balaban J connectivity index is 1.79. The Bertz CT molecular complexity index is 848. The maximum Gasteiger partial charge on any atom is 0.247 e. The highest BCUT2D eigenvalue weighted by molar-refractivity contribution is 7.15. The second kappa shape index (κ2) is 7.12. The number of hydrogen-bond acceptors (Lipinski definition) is 4. The number of carbonyl (C=O) groups is 1. The van der Waals surface area contributed by atoms with Crippen molar-refractivity contribution in [1.82, 2.24) is 14.3 Å². The van der Waals surface area contributed by atoms with Gasteiger partial charge in [0.2, 0.25) is 5.91 Å². The summed E-state index contributed by atoms with van der Waals surface area (Å²) in [6.07, 6.45) is 6.85. The number of fused-ring (bicyclic) bond motifs is 1. The smallest absolute Gasteiger partial charge is 0.247 e. The van der Waals surface area contributed by atoms with E-state index in [1.54, 1.807) is 28.4 Å². The Morgan fingerprint density at radius 2 is 2.30 bits per heavy atom. The molecule has 0 spiro atoms. The van der Waals surface area contributed by atoms with Crippen molar-refractivity contribution in [3.05, 3.63) is 63.5 Å². The number of rotatable bonds is 6. The third kappa shape index (κ3) is 3.55. The lowest BCUT2D eigenvalue weighted by Gasteiger charge is -2.18. The molecule has 0 fully saturated rings. The zero-order valence-electron chi connectivity index (χ0n) is 12.2. The van der Waals surface area contributed by atoms with Crippen LogP contribution < -0.4 is 0 Å². The van der Waals surface area contributed by atoms with E-state index >= 15 is 0 Å². The van der Waals surface area contributed by atoms with Crippen molar-refractivity contribution in [3.8, 4) is 0 Å². The van der Waals surface area contributed by atoms with E-state index in [0.29, 0.717) is 23.9 Å². The number of thiazole rings is 1. The molecule has 0 N–H and O–H groups in total. The van der Waals surface area contributed by atoms with Crippen molar-refractivity contribution >= 4 is 51.2 Å². The molecule has 118 valence electrons. The van der Waals surface area contributed by atoms with Crippen LogP contribution in [0.2, 0.25) is 5.15 Å². The van der Waals surface area contributed by atoms with Gasteiger partial charge in [0.05, 0.1) is 12.2 Å². The summed E-state index contributed by atoms with van der Waals surface area (Å²) in [4.78, 5) is 20.4. The van der Waals surface area contributed by atoms with Gasteiger partial charge in [-0.15, -0.1) is 29.3 Å². The molecule has 0 saturated heterocycles. The van der Waals surface area contributed by atoms with Crippen LogP contribution in [0.25, 0.3) is 11.0 Å². The number of carbonyl (C=O) groups excluding carboxylic acids is 1. The molecule has 0 aromatic carbocycles. The van der Waals surface area contributed by atoms with Gasteiger partial charge in [-0.2, -0.15) is 0 Å². The molecule has 0 aliphatic heterocycles. The maximum atomic E-state index is 12.5. The number of halogens is 1. The van der Waals surface area contributed by atoms with Gasteiger partial charge in [0.1, 0.15) is 0 Å². The molecule has 23 heavy (non-hydrogen) atoms. The number of aromatic nitrogens is 2.